The Morgan fingerprint density at radius 1 is 1.83 bits per heavy atom. The fourth-order valence-electron chi connectivity index (χ4n) is 0.531. The summed E-state index contributed by atoms with van der Waals surface area (Å²) >= 11 is 6.43. The smallest absolute Gasteiger partial charge is 0.272 e. The van der Waals surface area contributed by atoms with Crippen LogP contribution in [0.3, 0.4) is 0 Å². The summed E-state index contributed by atoms with van der Waals surface area (Å²) in [6.07, 6.45) is 1.40. The summed E-state index contributed by atoms with van der Waals surface area (Å²) in [5.74, 6) is -0.287. The van der Waals surface area contributed by atoms with E-state index in [2.05, 4.69) is 20.6 Å². The van der Waals surface area contributed by atoms with Crippen molar-refractivity contribution in [1.82, 2.24) is 14.1 Å². The standard InChI is InChI=1S/C6H6ClN3OS/c1-4(7)2-8-6(11)5-3-9-12-10-5/h3H,1-2H2,(H,8,11). The first-order valence-corrected chi connectivity index (χ1v) is 4.20. The Kier molecular flexibility index (Phi) is 3.19. The van der Waals surface area contributed by atoms with E-state index in [0.717, 1.165) is 11.7 Å². The molecule has 64 valence electrons. The fraction of sp³-hybridized carbons (Fsp3) is 0.167. The lowest BCUT2D eigenvalue weighted by Gasteiger charge is -1.98. The Labute approximate surface area is 78.6 Å². The van der Waals surface area contributed by atoms with Gasteiger partial charge in [0.15, 0.2) is 5.69 Å². The largest absolute Gasteiger partial charge is 0.346 e. The van der Waals surface area contributed by atoms with Gasteiger partial charge in [-0.25, -0.2) is 0 Å². The molecule has 6 heteroatoms. The molecular formula is C6H6ClN3OS. The lowest BCUT2D eigenvalue weighted by atomic mass is 10.4. The Morgan fingerprint density at radius 2 is 2.58 bits per heavy atom. The molecule has 12 heavy (non-hydrogen) atoms. The second kappa shape index (κ2) is 4.18. The number of hydrogen-bond acceptors (Lipinski definition) is 4. The summed E-state index contributed by atoms with van der Waals surface area (Å²) in [5.41, 5.74) is 0.304. The van der Waals surface area contributed by atoms with Crippen LogP contribution in [0.4, 0.5) is 0 Å². The highest BCUT2D eigenvalue weighted by Crippen LogP contribution is 1.97. The normalized spacial score (nSPS) is 9.42. The zero-order valence-corrected chi connectivity index (χ0v) is 7.65. The molecule has 1 aromatic rings. The number of amides is 1. The maximum Gasteiger partial charge on any atom is 0.272 e. The number of aromatic nitrogens is 2. The molecule has 1 N–H and O–H groups in total. The van der Waals surface area contributed by atoms with Crippen molar-refractivity contribution in [2.24, 2.45) is 0 Å². The summed E-state index contributed by atoms with van der Waals surface area (Å²) in [6, 6.07) is 0. The number of nitrogens with one attached hydrogen (secondary N) is 1. The number of rotatable bonds is 3. The summed E-state index contributed by atoms with van der Waals surface area (Å²) in [7, 11) is 0. The number of halogens is 1. The first kappa shape index (κ1) is 9.15. The van der Waals surface area contributed by atoms with Gasteiger partial charge in [-0.1, -0.05) is 18.2 Å². The van der Waals surface area contributed by atoms with Gasteiger partial charge in [0.2, 0.25) is 0 Å². The Hall–Kier alpha value is -0.940. The van der Waals surface area contributed by atoms with E-state index < -0.39 is 0 Å². The summed E-state index contributed by atoms with van der Waals surface area (Å²) in [4.78, 5) is 11.1. The van der Waals surface area contributed by atoms with Crippen molar-refractivity contribution in [2.45, 2.75) is 0 Å². The lowest BCUT2D eigenvalue weighted by Crippen LogP contribution is -2.24. The van der Waals surface area contributed by atoms with Crippen LogP contribution in [0.2, 0.25) is 0 Å². The van der Waals surface area contributed by atoms with Gasteiger partial charge in [-0.3, -0.25) is 4.79 Å². The molecule has 0 aromatic carbocycles. The van der Waals surface area contributed by atoms with E-state index in [9.17, 15) is 4.79 Å². The Bertz CT molecular complexity index is 285. The van der Waals surface area contributed by atoms with E-state index in [0.29, 0.717) is 10.7 Å². The van der Waals surface area contributed by atoms with Crippen LogP contribution in [0.25, 0.3) is 0 Å². The van der Waals surface area contributed by atoms with Crippen LogP contribution in [0.1, 0.15) is 10.5 Å². The third-order valence-corrected chi connectivity index (χ3v) is 1.65. The quantitative estimate of drug-likeness (QED) is 0.798. The van der Waals surface area contributed by atoms with Gasteiger partial charge in [0.25, 0.3) is 5.91 Å². The summed E-state index contributed by atoms with van der Waals surface area (Å²) in [5, 5.41) is 2.90. The zero-order chi connectivity index (χ0) is 8.97. The third-order valence-electron chi connectivity index (χ3n) is 1.03. The molecule has 4 nitrogen and oxygen atoms in total. The van der Waals surface area contributed by atoms with Gasteiger partial charge in [-0.05, 0) is 0 Å². The monoisotopic (exact) mass is 203 g/mol. The van der Waals surface area contributed by atoms with Gasteiger partial charge in [0.1, 0.15) is 0 Å². The van der Waals surface area contributed by atoms with E-state index in [1.165, 1.54) is 6.20 Å². The van der Waals surface area contributed by atoms with Gasteiger partial charge in [-0.15, -0.1) is 0 Å². The zero-order valence-electron chi connectivity index (χ0n) is 6.08. The van der Waals surface area contributed by atoms with Crippen LogP contribution in [0.15, 0.2) is 17.8 Å². The van der Waals surface area contributed by atoms with E-state index in [4.69, 9.17) is 11.6 Å². The Morgan fingerprint density at radius 3 is 3.08 bits per heavy atom. The topological polar surface area (TPSA) is 54.9 Å². The highest BCUT2D eigenvalue weighted by molar-refractivity contribution is 6.99. The molecule has 1 amide bonds. The molecule has 1 aromatic heterocycles. The lowest BCUT2D eigenvalue weighted by molar-refractivity contribution is 0.0953. The van der Waals surface area contributed by atoms with E-state index in [1.807, 2.05) is 0 Å². The van der Waals surface area contributed by atoms with E-state index in [-0.39, 0.29) is 12.5 Å². The van der Waals surface area contributed by atoms with Gasteiger partial charge < -0.3 is 5.32 Å². The van der Waals surface area contributed by atoms with E-state index in [1.54, 1.807) is 0 Å². The van der Waals surface area contributed by atoms with Crippen molar-refractivity contribution in [3.05, 3.63) is 23.5 Å². The second-order valence-corrected chi connectivity index (χ2v) is 3.08. The third kappa shape index (κ3) is 2.60. The minimum atomic E-state index is -0.287. The van der Waals surface area contributed by atoms with Crippen molar-refractivity contribution < 1.29 is 4.79 Å². The fourth-order valence-corrected chi connectivity index (χ4v) is 1.01. The maximum absolute atomic E-state index is 11.1. The molecule has 0 atom stereocenters. The molecular weight excluding hydrogens is 198 g/mol. The van der Waals surface area contributed by atoms with Gasteiger partial charge in [-0.2, -0.15) is 8.75 Å². The molecule has 0 aliphatic carbocycles. The van der Waals surface area contributed by atoms with E-state index >= 15 is 0 Å². The number of hydrogen-bond donors (Lipinski definition) is 1. The van der Waals surface area contributed by atoms with Gasteiger partial charge >= 0.3 is 0 Å². The molecule has 0 bridgehead atoms. The highest BCUT2D eigenvalue weighted by Gasteiger charge is 2.06. The van der Waals surface area contributed by atoms with Crippen LogP contribution in [0, 0.1) is 0 Å². The first-order valence-electron chi connectivity index (χ1n) is 3.09. The van der Waals surface area contributed by atoms with Crippen LogP contribution in [-0.2, 0) is 0 Å². The summed E-state index contributed by atoms with van der Waals surface area (Å²) < 4.78 is 7.42. The SMILES string of the molecule is C=C(Cl)CNC(=O)c1cnsn1. The van der Waals surface area contributed by atoms with Crippen LogP contribution in [0.5, 0.6) is 0 Å². The second-order valence-electron chi connectivity index (χ2n) is 1.99. The van der Waals surface area contributed by atoms with Gasteiger partial charge in [0, 0.05) is 5.03 Å². The maximum atomic E-state index is 11.1. The number of carbonyl (C=O) groups is 1. The summed E-state index contributed by atoms with van der Waals surface area (Å²) in [6.45, 7) is 3.67. The van der Waals surface area contributed by atoms with Crippen molar-refractivity contribution in [2.75, 3.05) is 6.54 Å². The molecule has 1 rings (SSSR count). The molecule has 0 aliphatic heterocycles. The van der Waals surface area contributed by atoms with Crippen LogP contribution in [-0.4, -0.2) is 21.2 Å². The molecule has 0 saturated heterocycles. The van der Waals surface area contributed by atoms with Gasteiger partial charge in [0.05, 0.1) is 24.5 Å². The molecule has 0 aliphatic rings. The highest BCUT2D eigenvalue weighted by atomic mass is 35.5. The van der Waals surface area contributed by atoms with Crippen LogP contribution >= 0.6 is 23.3 Å². The minimum Gasteiger partial charge on any atom is -0.346 e. The minimum absolute atomic E-state index is 0.248. The van der Waals surface area contributed by atoms with Crippen molar-refractivity contribution in [3.8, 4) is 0 Å². The number of nitrogens with zero attached hydrogens (tertiary/aromatic N) is 2. The molecule has 0 unspecified atom stereocenters. The average Bonchev–Trinajstić information content (AvgIpc) is 2.51. The average molecular weight is 204 g/mol. The molecule has 0 saturated carbocycles. The Balaban J connectivity index is 2.45. The van der Waals surface area contributed by atoms with Crippen molar-refractivity contribution >= 4 is 29.2 Å². The molecule has 1 heterocycles. The predicted octanol–water partition coefficient (Wildman–Crippen LogP) is 1.02. The first-order chi connectivity index (χ1) is 5.70. The molecule has 0 spiro atoms. The van der Waals surface area contributed by atoms with Crippen LogP contribution < -0.4 is 5.32 Å². The predicted molar refractivity (Wildman–Crippen MR) is 47.2 cm³/mol. The van der Waals surface area contributed by atoms with Crippen molar-refractivity contribution in [1.29, 1.82) is 0 Å². The number of carbonyl (C=O) groups excluding carboxylic acids is 1. The van der Waals surface area contributed by atoms with Crippen molar-refractivity contribution in [3.63, 3.8) is 0 Å². The molecule has 0 radical (unpaired) electrons. The molecule has 0 fully saturated rings.